The fraction of sp³-hybridized carbons (Fsp3) is 0.227. The van der Waals surface area contributed by atoms with Gasteiger partial charge in [0.2, 0.25) is 5.91 Å². The first kappa shape index (κ1) is 21.2. The number of rotatable bonds is 10. The monoisotopic (exact) mass is 424 g/mol. The Hall–Kier alpha value is -2.51. The number of carbonyl (C=O) groups excluding carboxylic acids is 1. The van der Waals surface area contributed by atoms with Crippen LogP contribution in [0.5, 0.6) is 0 Å². The number of nitrogens with one attached hydrogen (secondary N) is 1. The van der Waals surface area contributed by atoms with Crippen LogP contribution in [-0.4, -0.2) is 26.4 Å². The van der Waals surface area contributed by atoms with Crippen LogP contribution in [0.1, 0.15) is 17.0 Å². The second kappa shape index (κ2) is 10.9. The predicted molar refractivity (Wildman–Crippen MR) is 122 cm³/mol. The molecule has 0 bridgehead atoms. The van der Waals surface area contributed by atoms with E-state index in [2.05, 4.69) is 34.2 Å². The average Bonchev–Trinajstić information content (AvgIpc) is 3.11. The number of aromatic nitrogens is 3. The van der Waals surface area contributed by atoms with Gasteiger partial charge in [-0.25, -0.2) is 0 Å². The van der Waals surface area contributed by atoms with Crippen molar-refractivity contribution >= 4 is 35.1 Å². The van der Waals surface area contributed by atoms with Gasteiger partial charge in [0.25, 0.3) is 0 Å². The highest BCUT2D eigenvalue weighted by Gasteiger charge is 2.14. The molecule has 1 amide bonds. The lowest BCUT2D eigenvalue weighted by Gasteiger charge is -2.09. The van der Waals surface area contributed by atoms with Crippen molar-refractivity contribution in [1.29, 1.82) is 0 Å². The lowest BCUT2D eigenvalue weighted by molar-refractivity contribution is -0.113. The van der Waals surface area contributed by atoms with Gasteiger partial charge in [-0.15, -0.1) is 28.5 Å². The standard InChI is InChI=1S/C22H24N4OS2/c1-3-13-26-20(15-28-14-18-10-5-4-6-11-18)24-25-22(26)29-16-21(27)23-19-12-8-7-9-17(19)2/h3-12H,1,13-16H2,2H3,(H,23,27). The first-order valence-electron chi connectivity index (χ1n) is 9.30. The molecule has 7 heteroatoms. The Morgan fingerprint density at radius 3 is 2.62 bits per heavy atom. The molecule has 1 heterocycles. The highest BCUT2D eigenvalue weighted by Crippen LogP contribution is 2.22. The minimum absolute atomic E-state index is 0.0579. The molecule has 0 saturated heterocycles. The fourth-order valence-corrected chi connectivity index (χ4v) is 4.40. The van der Waals surface area contributed by atoms with Crippen LogP contribution < -0.4 is 5.32 Å². The molecule has 0 spiro atoms. The summed E-state index contributed by atoms with van der Waals surface area (Å²) in [5.74, 6) is 2.79. The minimum atomic E-state index is -0.0579. The van der Waals surface area contributed by atoms with Crippen molar-refractivity contribution in [2.75, 3.05) is 11.1 Å². The average molecular weight is 425 g/mol. The molecule has 0 atom stereocenters. The quantitative estimate of drug-likeness (QED) is 0.369. The summed E-state index contributed by atoms with van der Waals surface area (Å²) in [6.07, 6.45) is 1.83. The largest absolute Gasteiger partial charge is 0.325 e. The number of anilines is 1. The Balaban J connectivity index is 1.57. The third-order valence-corrected chi connectivity index (χ3v) is 6.17. The van der Waals surface area contributed by atoms with Crippen molar-refractivity contribution in [3.63, 3.8) is 0 Å². The molecule has 0 fully saturated rings. The lowest BCUT2D eigenvalue weighted by atomic mass is 10.2. The van der Waals surface area contributed by atoms with Gasteiger partial charge in [-0.3, -0.25) is 4.79 Å². The molecule has 5 nitrogen and oxygen atoms in total. The number of thioether (sulfide) groups is 2. The normalized spacial score (nSPS) is 10.7. The number of amides is 1. The Morgan fingerprint density at radius 2 is 1.86 bits per heavy atom. The second-order valence-electron chi connectivity index (χ2n) is 6.43. The van der Waals surface area contributed by atoms with Crippen LogP contribution in [0.4, 0.5) is 5.69 Å². The van der Waals surface area contributed by atoms with Crippen LogP contribution in [0, 0.1) is 6.92 Å². The van der Waals surface area contributed by atoms with E-state index in [0.29, 0.717) is 6.54 Å². The second-order valence-corrected chi connectivity index (χ2v) is 8.36. The van der Waals surface area contributed by atoms with Crippen LogP contribution in [-0.2, 0) is 22.8 Å². The van der Waals surface area contributed by atoms with Gasteiger partial charge in [0.1, 0.15) is 5.82 Å². The summed E-state index contributed by atoms with van der Waals surface area (Å²) >= 11 is 3.19. The van der Waals surface area contributed by atoms with Gasteiger partial charge in [0.15, 0.2) is 5.16 Å². The summed E-state index contributed by atoms with van der Waals surface area (Å²) in [5.41, 5.74) is 3.16. The molecule has 2 aromatic carbocycles. The van der Waals surface area contributed by atoms with E-state index >= 15 is 0 Å². The van der Waals surface area contributed by atoms with E-state index in [1.807, 2.05) is 60.0 Å². The van der Waals surface area contributed by atoms with Crippen LogP contribution in [0.15, 0.2) is 72.4 Å². The smallest absolute Gasteiger partial charge is 0.234 e. The number of benzene rings is 2. The SMILES string of the molecule is C=CCn1c(CSCc2ccccc2)nnc1SCC(=O)Nc1ccccc1C. The maximum Gasteiger partial charge on any atom is 0.234 e. The van der Waals surface area contributed by atoms with Crippen molar-refractivity contribution in [2.24, 2.45) is 0 Å². The number of allylic oxidation sites excluding steroid dienone is 1. The predicted octanol–water partition coefficient (Wildman–Crippen LogP) is 4.94. The van der Waals surface area contributed by atoms with E-state index in [4.69, 9.17) is 0 Å². The highest BCUT2D eigenvalue weighted by atomic mass is 32.2. The van der Waals surface area contributed by atoms with Gasteiger partial charge in [0.05, 0.1) is 11.5 Å². The molecule has 0 saturated carbocycles. The van der Waals surface area contributed by atoms with Crippen LogP contribution in [0.25, 0.3) is 0 Å². The first-order valence-corrected chi connectivity index (χ1v) is 11.4. The molecule has 3 aromatic rings. The number of aryl methyl sites for hydroxylation is 1. The maximum atomic E-state index is 12.3. The molecular weight excluding hydrogens is 400 g/mol. The molecule has 3 rings (SSSR count). The maximum absolute atomic E-state index is 12.3. The number of carbonyl (C=O) groups is 1. The molecule has 1 N–H and O–H groups in total. The van der Waals surface area contributed by atoms with Gasteiger partial charge in [-0.2, -0.15) is 0 Å². The van der Waals surface area contributed by atoms with E-state index in [-0.39, 0.29) is 11.7 Å². The van der Waals surface area contributed by atoms with Crippen molar-refractivity contribution in [3.8, 4) is 0 Å². The number of hydrogen-bond acceptors (Lipinski definition) is 5. The van der Waals surface area contributed by atoms with Crippen molar-refractivity contribution in [2.45, 2.75) is 30.1 Å². The summed E-state index contributed by atoms with van der Waals surface area (Å²) in [4.78, 5) is 12.3. The number of para-hydroxylation sites is 1. The Bertz CT molecular complexity index is 956. The van der Waals surface area contributed by atoms with Crippen molar-refractivity contribution in [3.05, 3.63) is 84.2 Å². The molecule has 0 aliphatic carbocycles. The summed E-state index contributed by atoms with van der Waals surface area (Å²) in [7, 11) is 0. The zero-order chi connectivity index (χ0) is 20.5. The Kier molecular flexibility index (Phi) is 7.95. The minimum Gasteiger partial charge on any atom is -0.325 e. The topological polar surface area (TPSA) is 59.8 Å². The third-order valence-electron chi connectivity index (χ3n) is 4.20. The summed E-state index contributed by atoms with van der Waals surface area (Å²) in [6.45, 7) is 6.43. The van der Waals surface area contributed by atoms with E-state index in [9.17, 15) is 4.79 Å². The molecule has 29 heavy (non-hydrogen) atoms. The molecular formula is C22H24N4OS2. The Morgan fingerprint density at radius 1 is 1.10 bits per heavy atom. The van der Waals surface area contributed by atoms with E-state index in [0.717, 1.165) is 33.7 Å². The fourth-order valence-electron chi connectivity index (χ4n) is 2.71. The van der Waals surface area contributed by atoms with Gasteiger partial charge in [0, 0.05) is 18.0 Å². The summed E-state index contributed by atoms with van der Waals surface area (Å²) in [5, 5.41) is 12.3. The van der Waals surface area contributed by atoms with Crippen LogP contribution >= 0.6 is 23.5 Å². The van der Waals surface area contributed by atoms with E-state index in [1.54, 1.807) is 11.8 Å². The summed E-state index contributed by atoms with van der Waals surface area (Å²) in [6, 6.07) is 18.1. The van der Waals surface area contributed by atoms with Crippen molar-refractivity contribution < 1.29 is 4.79 Å². The molecule has 0 unspecified atom stereocenters. The third kappa shape index (κ3) is 6.24. The van der Waals surface area contributed by atoms with Gasteiger partial charge >= 0.3 is 0 Å². The van der Waals surface area contributed by atoms with Crippen LogP contribution in [0.3, 0.4) is 0 Å². The van der Waals surface area contributed by atoms with Gasteiger partial charge in [-0.05, 0) is 24.1 Å². The molecule has 1 aromatic heterocycles. The number of nitrogens with zero attached hydrogens (tertiary/aromatic N) is 3. The molecule has 150 valence electrons. The molecule has 0 aliphatic rings. The zero-order valence-electron chi connectivity index (χ0n) is 16.4. The molecule has 0 aliphatic heterocycles. The zero-order valence-corrected chi connectivity index (χ0v) is 18.0. The first-order chi connectivity index (χ1) is 14.2. The van der Waals surface area contributed by atoms with Crippen LogP contribution in [0.2, 0.25) is 0 Å². The van der Waals surface area contributed by atoms with E-state index in [1.165, 1.54) is 17.3 Å². The summed E-state index contributed by atoms with van der Waals surface area (Å²) < 4.78 is 2.02. The highest BCUT2D eigenvalue weighted by molar-refractivity contribution is 7.99. The number of hydrogen-bond donors (Lipinski definition) is 1. The van der Waals surface area contributed by atoms with Gasteiger partial charge in [-0.1, -0.05) is 66.4 Å². The van der Waals surface area contributed by atoms with E-state index < -0.39 is 0 Å². The molecule has 0 radical (unpaired) electrons. The van der Waals surface area contributed by atoms with Crippen molar-refractivity contribution in [1.82, 2.24) is 14.8 Å². The Labute approximate surface area is 180 Å². The van der Waals surface area contributed by atoms with Gasteiger partial charge < -0.3 is 9.88 Å². The lowest BCUT2D eigenvalue weighted by Crippen LogP contribution is -2.15.